The topological polar surface area (TPSA) is 55.1 Å². The maximum atomic E-state index is 11.9. The summed E-state index contributed by atoms with van der Waals surface area (Å²) >= 11 is 6.08. The van der Waals surface area contributed by atoms with Crippen LogP contribution in [0.2, 0.25) is 5.02 Å². The van der Waals surface area contributed by atoms with E-state index in [9.17, 15) is 4.79 Å². The normalized spacial score (nSPS) is 22.4. The lowest BCUT2D eigenvalue weighted by Gasteiger charge is -2.11. The smallest absolute Gasteiger partial charge is 0.223 e. The molecule has 0 saturated heterocycles. The zero-order valence-corrected chi connectivity index (χ0v) is 11.8. The molecule has 3 N–H and O–H groups in total. The van der Waals surface area contributed by atoms with Crippen LogP contribution in [0.25, 0.3) is 0 Å². The fraction of sp³-hybridized carbons (Fsp3) is 0.533. The van der Waals surface area contributed by atoms with Crippen LogP contribution in [-0.4, -0.2) is 18.5 Å². The molecule has 0 bridgehead atoms. The van der Waals surface area contributed by atoms with Crippen LogP contribution in [0.15, 0.2) is 24.3 Å². The summed E-state index contributed by atoms with van der Waals surface area (Å²) in [7, 11) is 0. The molecule has 1 fully saturated rings. The monoisotopic (exact) mass is 280 g/mol. The highest BCUT2D eigenvalue weighted by Gasteiger charge is 2.27. The molecule has 2 atom stereocenters. The lowest BCUT2D eigenvalue weighted by Crippen LogP contribution is -2.31. The van der Waals surface area contributed by atoms with Crippen LogP contribution in [0.3, 0.4) is 0 Å². The number of hydrogen-bond donors (Lipinski definition) is 2. The summed E-state index contributed by atoms with van der Waals surface area (Å²) in [6.45, 7) is 0.704. The van der Waals surface area contributed by atoms with Gasteiger partial charge in [0.25, 0.3) is 0 Å². The largest absolute Gasteiger partial charge is 0.356 e. The third-order valence-electron chi connectivity index (χ3n) is 3.72. The molecular formula is C15H21ClN2O. The molecule has 1 amide bonds. The molecule has 0 radical (unpaired) electrons. The average Bonchev–Trinajstić information content (AvgIpc) is 2.83. The number of benzene rings is 1. The molecule has 1 aromatic carbocycles. The third kappa shape index (κ3) is 4.22. The second-order valence-corrected chi connectivity index (χ2v) is 5.66. The van der Waals surface area contributed by atoms with Crippen LogP contribution < -0.4 is 11.1 Å². The molecule has 0 spiro atoms. The van der Waals surface area contributed by atoms with Gasteiger partial charge in [-0.3, -0.25) is 4.79 Å². The molecule has 1 aromatic rings. The predicted octanol–water partition coefficient (Wildman–Crippen LogP) is 2.52. The number of halogens is 1. The van der Waals surface area contributed by atoms with Crippen molar-refractivity contribution in [3.8, 4) is 0 Å². The van der Waals surface area contributed by atoms with Crippen LogP contribution in [-0.2, 0) is 11.2 Å². The Morgan fingerprint density at radius 1 is 1.37 bits per heavy atom. The molecule has 2 rings (SSSR count). The molecule has 2 unspecified atom stereocenters. The van der Waals surface area contributed by atoms with E-state index in [1.807, 2.05) is 24.3 Å². The van der Waals surface area contributed by atoms with Gasteiger partial charge >= 0.3 is 0 Å². The van der Waals surface area contributed by atoms with Crippen molar-refractivity contribution in [1.82, 2.24) is 5.32 Å². The second kappa shape index (κ2) is 6.92. The van der Waals surface area contributed by atoms with Crippen molar-refractivity contribution in [2.45, 2.75) is 38.1 Å². The summed E-state index contributed by atoms with van der Waals surface area (Å²) < 4.78 is 0. The van der Waals surface area contributed by atoms with Crippen molar-refractivity contribution in [3.63, 3.8) is 0 Å². The molecular weight excluding hydrogens is 260 g/mol. The predicted molar refractivity (Wildman–Crippen MR) is 78.1 cm³/mol. The van der Waals surface area contributed by atoms with Crippen molar-refractivity contribution >= 4 is 17.5 Å². The van der Waals surface area contributed by atoms with Crippen molar-refractivity contribution in [2.24, 2.45) is 11.7 Å². The quantitative estimate of drug-likeness (QED) is 0.815. The molecule has 1 saturated carbocycles. The molecule has 0 aromatic heterocycles. The standard InChI is InChI=1S/C15H21ClN2O/c16-14-6-2-1-4-11(14)5-3-9-18-15(19)12-7-8-13(17)10-12/h1-2,4,6,12-13H,3,5,7-10,17H2,(H,18,19). The Hall–Kier alpha value is -1.06. The molecule has 4 heteroatoms. The van der Waals surface area contributed by atoms with Crippen LogP contribution in [0, 0.1) is 5.92 Å². The second-order valence-electron chi connectivity index (χ2n) is 5.26. The first-order valence-electron chi connectivity index (χ1n) is 6.93. The van der Waals surface area contributed by atoms with Gasteiger partial charge in [0.05, 0.1) is 0 Å². The number of amides is 1. The van der Waals surface area contributed by atoms with Gasteiger partial charge in [-0.15, -0.1) is 0 Å². The van der Waals surface area contributed by atoms with E-state index in [1.165, 1.54) is 0 Å². The number of nitrogens with two attached hydrogens (primary N) is 1. The molecule has 104 valence electrons. The molecule has 0 heterocycles. The number of nitrogens with one attached hydrogen (secondary N) is 1. The fourth-order valence-electron chi connectivity index (χ4n) is 2.59. The van der Waals surface area contributed by atoms with Gasteiger partial charge in [-0.1, -0.05) is 29.8 Å². The number of aryl methyl sites for hydroxylation is 1. The van der Waals surface area contributed by atoms with Crippen molar-refractivity contribution in [2.75, 3.05) is 6.54 Å². The average molecular weight is 281 g/mol. The van der Waals surface area contributed by atoms with Gasteiger partial charge in [0.2, 0.25) is 5.91 Å². The van der Waals surface area contributed by atoms with E-state index in [2.05, 4.69) is 5.32 Å². The first-order chi connectivity index (χ1) is 9.16. The Kier molecular flexibility index (Phi) is 5.23. The summed E-state index contributed by atoms with van der Waals surface area (Å²) in [5.74, 6) is 0.280. The van der Waals surface area contributed by atoms with Crippen LogP contribution in [0.5, 0.6) is 0 Å². The van der Waals surface area contributed by atoms with E-state index in [0.29, 0.717) is 6.54 Å². The Bertz CT molecular complexity index is 436. The van der Waals surface area contributed by atoms with Crippen molar-refractivity contribution < 1.29 is 4.79 Å². The highest BCUT2D eigenvalue weighted by Crippen LogP contribution is 2.24. The maximum Gasteiger partial charge on any atom is 0.223 e. The molecule has 19 heavy (non-hydrogen) atoms. The van der Waals surface area contributed by atoms with E-state index in [4.69, 9.17) is 17.3 Å². The third-order valence-corrected chi connectivity index (χ3v) is 4.09. The van der Waals surface area contributed by atoms with Crippen molar-refractivity contribution in [1.29, 1.82) is 0 Å². The highest BCUT2D eigenvalue weighted by molar-refractivity contribution is 6.31. The van der Waals surface area contributed by atoms with Gasteiger partial charge < -0.3 is 11.1 Å². The zero-order valence-electron chi connectivity index (χ0n) is 11.1. The summed E-state index contributed by atoms with van der Waals surface area (Å²) in [4.78, 5) is 11.9. The lowest BCUT2D eigenvalue weighted by molar-refractivity contribution is -0.124. The lowest BCUT2D eigenvalue weighted by atomic mass is 10.1. The number of carbonyl (C=O) groups is 1. The van der Waals surface area contributed by atoms with Crippen molar-refractivity contribution in [3.05, 3.63) is 34.9 Å². The number of rotatable bonds is 5. The summed E-state index contributed by atoms with van der Waals surface area (Å²) in [6.07, 6.45) is 4.53. The van der Waals surface area contributed by atoms with Gasteiger partial charge in [0.15, 0.2) is 0 Å². The van der Waals surface area contributed by atoms with Gasteiger partial charge in [0, 0.05) is 23.5 Å². The Balaban J connectivity index is 1.67. The minimum absolute atomic E-state index is 0.121. The van der Waals surface area contributed by atoms with Gasteiger partial charge in [-0.05, 0) is 43.7 Å². The number of carbonyl (C=O) groups excluding carboxylic acids is 1. The summed E-state index contributed by atoms with van der Waals surface area (Å²) in [5, 5.41) is 3.80. The van der Waals surface area contributed by atoms with E-state index >= 15 is 0 Å². The van der Waals surface area contributed by atoms with E-state index in [0.717, 1.165) is 42.7 Å². The summed E-state index contributed by atoms with van der Waals surface area (Å²) in [6, 6.07) is 8.05. The minimum Gasteiger partial charge on any atom is -0.356 e. The Morgan fingerprint density at radius 3 is 2.84 bits per heavy atom. The molecule has 0 aliphatic heterocycles. The first kappa shape index (κ1) is 14.4. The summed E-state index contributed by atoms with van der Waals surface area (Å²) in [5.41, 5.74) is 6.96. The SMILES string of the molecule is NC1CCC(C(=O)NCCCc2ccccc2Cl)C1. The highest BCUT2D eigenvalue weighted by atomic mass is 35.5. The van der Waals surface area contributed by atoms with Gasteiger partial charge in [0.1, 0.15) is 0 Å². The van der Waals surface area contributed by atoms with E-state index in [-0.39, 0.29) is 17.9 Å². The fourth-order valence-corrected chi connectivity index (χ4v) is 2.82. The molecule has 3 nitrogen and oxygen atoms in total. The van der Waals surface area contributed by atoms with Crippen LogP contribution in [0.1, 0.15) is 31.2 Å². The van der Waals surface area contributed by atoms with Gasteiger partial charge in [-0.25, -0.2) is 0 Å². The van der Waals surface area contributed by atoms with Crippen LogP contribution in [0.4, 0.5) is 0 Å². The zero-order chi connectivity index (χ0) is 13.7. The van der Waals surface area contributed by atoms with Gasteiger partial charge in [-0.2, -0.15) is 0 Å². The molecule has 1 aliphatic carbocycles. The van der Waals surface area contributed by atoms with E-state index in [1.54, 1.807) is 0 Å². The Morgan fingerprint density at radius 2 is 2.16 bits per heavy atom. The maximum absolute atomic E-state index is 11.9. The number of hydrogen-bond acceptors (Lipinski definition) is 2. The van der Waals surface area contributed by atoms with Crippen LogP contribution >= 0.6 is 11.6 Å². The Labute approximate surface area is 119 Å². The molecule has 1 aliphatic rings. The van der Waals surface area contributed by atoms with E-state index < -0.39 is 0 Å². The minimum atomic E-state index is 0.121. The first-order valence-corrected chi connectivity index (χ1v) is 7.31.